The van der Waals surface area contributed by atoms with Crippen LogP contribution in [0.5, 0.6) is 5.75 Å². The van der Waals surface area contributed by atoms with Crippen molar-refractivity contribution in [1.82, 2.24) is 0 Å². The standard InChI is InChI=1S/C52H66O9Si/c1-37(34-54-35-38-25-27-40(53-7)28-26-38)48-45(32-44-43(59-48)24-17-30-55-44)58-46-33-47-52(6,36-56-49(60-47)39-18-11-8-12-19-39)61-51(46,5)29-31-57-62(50(2,3)4,41-20-13-9-14-21-41)42-22-15-10-16-23-42/h8-16,18-23,25-28,43-49H,1,17,24,29-36H2,2-7H3/t43-,44+,45-,46+,47?,48+,49+,51-,52+/m0/s1. The fourth-order valence-corrected chi connectivity index (χ4v) is 14.7. The van der Waals surface area contributed by atoms with Gasteiger partial charge in [0.15, 0.2) is 6.29 Å². The maximum atomic E-state index is 7.50. The molecule has 4 aromatic rings. The van der Waals surface area contributed by atoms with E-state index in [2.05, 4.69) is 102 Å². The van der Waals surface area contributed by atoms with Crippen LogP contribution in [0.4, 0.5) is 0 Å². The lowest BCUT2D eigenvalue weighted by Gasteiger charge is -2.57. The molecule has 10 heteroatoms. The fraction of sp³-hybridized carbons (Fsp3) is 0.500. The molecule has 0 bridgehead atoms. The molecule has 1 unspecified atom stereocenters. The summed E-state index contributed by atoms with van der Waals surface area (Å²) in [6.07, 6.45) is 1.71. The predicted molar refractivity (Wildman–Crippen MR) is 243 cm³/mol. The van der Waals surface area contributed by atoms with E-state index in [1.165, 1.54) is 10.4 Å². The van der Waals surface area contributed by atoms with E-state index in [4.69, 9.17) is 42.3 Å². The van der Waals surface area contributed by atoms with Crippen LogP contribution >= 0.6 is 0 Å². The van der Waals surface area contributed by atoms with Crippen LogP contribution in [0.25, 0.3) is 0 Å². The summed E-state index contributed by atoms with van der Waals surface area (Å²) in [5.41, 5.74) is 1.36. The van der Waals surface area contributed by atoms with Crippen LogP contribution in [-0.2, 0) is 44.2 Å². The number of ether oxygens (including phenoxy) is 8. The van der Waals surface area contributed by atoms with E-state index >= 15 is 0 Å². The normalized spacial score (nSPS) is 30.2. The molecule has 0 aromatic heterocycles. The van der Waals surface area contributed by atoms with Gasteiger partial charge in [-0.2, -0.15) is 0 Å². The second-order valence-electron chi connectivity index (χ2n) is 18.9. The topological polar surface area (TPSA) is 83.1 Å². The van der Waals surface area contributed by atoms with Crippen LogP contribution < -0.4 is 15.1 Å². The Morgan fingerprint density at radius 3 is 2.11 bits per heavy atom. The average molecular weight is 863 g/mol. The molecule has 0 N–H and O–H groups in total. The first-order valence-corrected chi connectivity index (χ1v) is 24.4. The number of hydrogen-bond acceptors (Lipinski definition) is 9. The van der Waals surface area contributed by atoms with Gasteiger partial charge in [0.2, 0.25) is 0 Å². The van der Waals surface area contributed by atoms with Crippen molar-refractivity contribution in [3.05, 3.63) is 139 Å². The molecular formula is C52H66O9Si. The SMILES string of the molecule is C=C(COCc1ccc(OC)cc1)[C@H]1O[C@H]2CCCO[C@@H]2C[C@@H]1O[C@@H]1CC2O[C@H](c3ccccc3)OC[C@@]2(C)O[C@@]1(C)CCO[Si](c1ccccc1)(c1ccccc1)C(C)(C)C. The maximum Gasteiger partial charge on any atom is 0.261 e. The molecule has 0 radical (unpaired) electrons. The number of methoxy groups -OCH3 is 1. The van der Waals surface area contributed by atoms with E-state index in [0.29, 0.717) is 52.3 Å². The first-order valence-electron chi connectivity index (χ1n) is 22.5. The van der Waals surface area contributed by atoms with Crippen LogP contribution in [-0.4, -0.2) is 89.7 Å². The molecule has 9 atom stereocenters. The molecule has 4 heterocycles. The van der Waals surface area contributed by atoms with Crippen LogP contribution in [0.3, 0.4) is 0 Å². The third-order valence-corrected chi connectivity index (χ3v) is 18.5. The minimum Gasteiger partial charge on any atom is -0.497 e. The summed E-state index contributed by atoms with van der Waals surface area (Å²) >= 11 is 0. The molecule has 4 aromatic carbocycles. The molecule has 4 saturated heterocycles. The quantitative estimate of drug-likeness (QED) is 0.0861. The van der Waals surface area contributed by atoms with Gasteiger partial charge in [0.05, 0.1) is 63.1 Å². The van der Waals surface area contributed by atoms with Gasteiger partial charge in [-0.05, 0) is 65.4 Å². The minimum atomic E-state index is -2.83. The molecule has 4 aliphatic heterocycles. The third kappa shape index (κ3) is 9.55. The zero-order valence-electron chi connectivity index (χ0n) is 37.5. The Morgan fingerprint density at radius 1 is 0.806 bits per heavy atom. The van der Waals surface area contributed by atoms with E-state index in [1.807, 2.05) is 54.6 Å². The van der Waals surface area contributed by atoms with Crippen molar-refractivity contribution in [2.45, 2.75) is 132 Å². The minimum absolute atomic E-state index is 0.0328. The molecular weight excluding hydrogens is 797 g/mol. The van der Waals surface area contributed by atoms with E-state index in [0.717, 1.165) is 35.3 Å². The van der Waals surface area contributed by atoms with E-state index in [9.17, 15) is 0 Å². The highest BCUT2D eigenvalue weighted by Gasteiger charge is 2.58. The Hall–Kier alpha value is -3.68. The lowest BCUT2D eigenvalue weighted by atomic mass is 9.80. The van der Waals surface area contributed by atoms with Crippen LogP contribution in [0.1, 0.15) is 84.1 Å². The van der Waals surface area contributed by atoms with Crippen molar-refractivity contribution in [3.8, 4) is 5.75 Å². The van der Waals surface area contributed by atoms with Crippen molar-refractivity contribution >= 4 is 18.7 Å². The molecule has 4 fully saturated rings. The Labute approximate surface area is 370 Å². The lowest BCUT2D eigenvalue weighted by molar-refractivity contribution is -0.367. The summed E-state index contributed by atoms with van der Waals surface area (Å²) in [4.78, 5) is 0. The Kier molecular flexibility index (Phi) is 13.9. The molecule has 8 rings (SSSR count). The highest BCUT2D eigenvalue weighted by molar-refractivity contribution is 6.99. The van der Waals surface area contributed by atoms with Gasteiger partial charge in [-0.3, -0.25) is 0 Å². The molecule has 4 aliphatic rings. The van der Waals surface area contributed by atoms with Gasteiger partial charge in [0.1, 0.15) is 17.5 Å². The van der Waals surface area contributed by atoms with Crippen molar-refractivity contribution in [2.75, 3.05) is 33.5 Å². The first-order chi connectivity index (χ1) is 29.9. The molecule has 0 saturated carbocycles. The largest absolute Gasteiger partial charge is 0.497 e. The smallest absolute Gasteiger partial charge is 0.261 e. The van der Waals surface area contributed by atoms with Crippen molar-refractivity contribution in [1.29, 1.82) is 0 Å². The Bertz CT molecular complexity index is 2000. The molecule has 62 heavy (non-hydrogen) atoms. The lowest BCUT2D eigenvalue weighted by Crippen LogP contribution is -2.68. The second kappa shape index (κ2) is 19.2. The molecule has 332 valence electrons. The highest BCUT2D eigenvalue weighted by atomic mass is 28.4. The van der Waals surface area contributed by atoms with Crippen molar-refractivity contribution < 1.29 is 42.3 Å². The van der Waals surface area contributed by atoms with Crippen molar-refractivity contribution in [3.63, 3.8) is 0 Å². The van der Waals surface area contributed by atoms with Crippen molar-refractivity contribution in [2.24, 2.45) is 0 Å². The zero-order chi connectivity index (χ0) is 43.4. The first kappa shape index (κ1) is 44.9. The van der Waals surface area contributed by atoms with E-state index in [-0.39, 0.29) is 35.6 Å². The molecule has 0 amide bonds. The Balaban J connectivity index is 1.07. The summed E-state index contributed by atoms with van der Waals surface area (Å²) in [7, 11) is -1.16. The van der Waals surface area contributed by atoms with E-state index in [1.54, 1.807) is 7.11 Å². The van der Waals surface area contributed by atoms with Gasteiger partial charge >= 0.3 is 0 Å². The van der Waals surface area contributed by atoms with E-state index < -0.39 is 31.9 Å². The highest BCUT2D eigenvalue weighted by Crippen LogP contribution is 2.48. The number of hydrogen-bond donors (Lipinski definition) is 0. The van der Waals surface area contributed by atoms with Gasteiger partial charge in [0.25, 0.3) is 8.32 Å². The van der Waals surface area contributed by atoms with Gasteiger partial charge in [0, 0.05) is 38.0 Å². The summed E-state index contributed by atoms with van der Waals surface area (Å²) in [5, 5.41) is 2.31. The molecule has 0 aliphatic carbocycles. The Morgan fingerprint density at radius 2 is 1.47 bits per heavy atom. The summed E-state index contributed by atoms with van der Waals surface area (Å²) in [6.45, 7) is 18.1. The van der Waals surface area contributed by atoms with Crippen LogP contribution in [0.15, 0.2) is 127 Å². The number of fused-ring (bicyclic) bond motifs is 2. The van der Waals surface area contributed by atoms with Gasteiger partial charge in [-0.25, -0.2) is 0 Å². The summed E-state index contributed by atoms with van der Waals surface area (Å²) in [5.74, 6) is 0.813. The van der Waals surface area contributed by atoms with Crippen LogP contribution in [0.2, 0.25) is 5.04 Å². The average Bonchev–Trinajstić information content (AvgIpc) is 3.28. The summed E-state index contributed by atoms with van der Waals surface area (Å²) < 4.78 is 60.5. The summed E-state index contributed by atoms with van der Waals surface area (Å²) in [6, 6.07) is 39.6. The van der Waals surface area contributed by atoms with Gasteiger partial charge in [-0.1, -0.05) is 130 Å². The third-order valence-electron chi connectivity index (χ3n) is 13.4. The monoisotopic (exact) mass is 862 g/mol. The second-order valence-corrected chi connectivity index (χ2v) is 23.3. The molecule has 0 spiro atoms. The fourth-order valence-electron chi connectivity index (χ4n) is 10.1. The zero-order valence-corrected chi connectivity index (χ0v) is 38.5. The maximum absolute atomic E-state index is 7.50. The predicted octanol–water partition coefficient (Wildman–Crippen LogP) is 8.88. The number of rotatable bonds is 15. The van der Waals surface area contributed by atoms with Gasteiger partial charge < -0.3 is 42.3 Å². The van der Waals surface area contributed by atoms with Crippen LogP contribution in [0, 0.1) is 0 Å². The number of benzene rings is 4. The molecule has 9 nitrogen and oxygen atoms in total. The van der Waals surface area contributed by atoms with Gasteiger partial charge in [-0.15, -0.1) is 0 Å².